The van der Waals surface area contributed by atoms with Gasteiger partial charge < -0.3 is 10.2 Å². The zero-order valence-electron chi connectivity index (χ0n) is 19.4. The van der Waals surface area contributed by atoms with Crippen LogP contribution in [0.25, 0.3) is 10.8 Å². The predicted molar refractivity (Wildman–Crippen MR) is 131 cm³/mol. The highest BCUT2D eigenvalue weighted by molar-refractivity contribution is 7.89. The fraction of sp³-hybridized carbons (Fsp3) is 0.320. The summed E-state index contributed by atoms with van der Waals surface area (Å²) in [7, 11) is -3.84. The fourth-order valence-electron chi connectivity index (χ4n) is 4.39. The minimum Gasteiger partial charge on any atom is -0.343 e. The summed E-state index contributed by atoms with van der Waals surface area (Å²) in [5.74, 6) is -0.375. The van der Waals surface area contributed by atoms with Crippen LogP contribution in [0.15, 0.2) is 59.6 Å². The molecule has 1 aliphatic heterocycles. The molecule has 1 aromatic heterocycles. The van der Waals surface area contributed by atoms with Crippen molar-refractivity contribution in [1.82, 2.24) is 14.6 Å². The third-order valence-electron chi connectivity index (χ3n) is 6.30. The van der Waals surface area contributed by atoms with E-state index in [1.165, 1.54) is 13.0 Å². The largest absolute Gasteiger partial charge is 0.343 e. The van der Waals surface area contributed by atoms with E-state index in [9.17, 15) is 18.0 Å². The van der Waals surface area contributed by atoms with Gasteiger partial charge in [0.2, 0.25) is 15.9 Å². The lowest BCUT2D eigenvalue weighted by Crippen LogP contribution is -2.51. The number of rotatable bonds is 5. The summed E-state index contributed by atoms with van der Waals surface area (Å²) in [6, 6.07) is 13.5. The smallest absolute Gasteiger partial charge is 0.274 e. The van der Waals surface area contributed by atoms with Crippen molar-refractivity contribution in [1.29, 1.82) is 0 Å². The first-order valence-corrected chi connectivity index (χ1v) is 12.7. The fourth-order valence-corrected chi connectivity index (χ4v) is 5.98. The van der Waals surface area contributed by atoms with Crippen molar-refractivity contribution in [3.8, 4) is 0 Å². The lowest BCUT2D eigenvalue weighted by Gasteiger charge is -2.36. The Morgan fingerprint density at radius 3 is 2.47 bits per heavy atom. The molecule has 2 atom stereocenters. The molecule has 34 heavy (non-hydrogen) atoms. The van der Waals surface area contributed by atoms with Crippen molar-refractivity contribution in [2.75, 3.05) is 18.4 Å². The summed E-state index contributed by atoms with van der Waals surface area (Å²) >= 11 is 0. The number of aromatic nitrogens is 1. The predicted octanol–water partition coefficient (Wildman–Crippen LogP) is 3.33. The number of fused-ring (bicyclic) bond motifs is 1. The number of sulfonamides is 1. The number of piperidine rings is 1. The lowest BCUT2D eigenvalue weighted by molar-refractivity contribution is -0.130. The van der Waals surface area contributed by atoms with E-state index in [1.807, 2.05) is 19.9 Å². The summed E-state index contributed by atoms with van der Waals surface area (Å²) in [6.45, 7) is 6.31. The number of aryl methyl sites for hydroxylation is 1. The molecule has 0 radical (unpaired) electrons. The second kappa shape index (κ2) is 9.52. The second-order valence-electron chi connectivity index (χ2n) is 8.74. The molecular weight excluding hydrogens is 452 g/mol. The van der Waals surface area contributed by atoms with Crippen LogP contribution >= 0.6 is 0 Å². The van der Waals surface area contributed by atoms with E-state index in [-0.39, 0.29) is 28.7 Å². The van der Waals surface area contributed by atoms with Gasteiger partial charge in [0.15, 0.2) is 0 Å². The number of likely N-dealkylation sites (tertiary alicyclic amines) is 1. The first-order valence-electron chi connectivity index (χ1n) is 11.2. The van der Waals surface area contributed by atoms with E-state index < -0.39 is 10.0 Å². The molecule has 1 unspecified atom stereocenters. The molecule has 8 nitrogen and oxygen atoms in total. The Bertz CT molecular complexity index is 1360. The number of hydrogen-bond donors (Lipinski definition) is 2. The quantitative estimate of drug-likeness (QED) is 0.582. The molecule has 2 heterocycles. The molecule has 1 aliphatic rings. The van der Waals surface area contributed by atoms with E-state index in [0.717, 1.165) is 5.56 Å². The van der Waals surface area contributed by atoms with E-state index in [1.54, 1.807) is 47.5 Å². The van der Waals surface area contributed by atoms with Gasteiger partial charge in [0.1, 0.15) is 5.69 Å². The molecule has 0 bridgehead atoms. The van der Waals surface area contributed by atoms with E-state index >= 15 is 0 Å². The van der Waals surface area contributed by atoms with Crippen LogP contribution in [-0.2, 0) is 14.8 Å². The van der Waals surface area contributed by atoms with Crippen LogP contribution in [0, 0.1) is 12.8 Å². The zero-order chi connectivity index (χ0) is 24.5. The maximum Gasteiger partial charge on any atom is 0.274 e. The van der Waals surface area contributed by atoms with E-state index in [2.05, 4.69) is 15.0 Å². The SMILES string of the molecule is CC(=O)N1CCC(NS(=O)(=O)c2ccc(NC(=O)c3ncccc3C)c3ccccc23)[C@H](C)C1. The van der Waals surface area contributed by atoms with Crippen molar-refractivity contribution < 1.29 is 18.0 Å². The van der Waals surface area contributed by atoms with Gasteiger partial charge in [-0.2, -0.15) is 0 Å². The van der Waals surface area contributed by atoms with Crippen LogP contribution in [0.3, 0.4) is 0 Å². The first kappa shape index (κ1) is 23.8. The number of anilines is 1. The van der Waals surface area contributed by atoms with E-state index in [4.69, 9.17) is 0 Å². The van der Waals surface area contributed by atoms with Crippen molar-refractivity contribution in [2.24, 2.45) is 5.92 Å². The molecule has 0 spiro atoms. The standard InChI is InChI=1S/C25H28N4O4S/c1-16-7-6-13-26-24(16)25(31)27-22-10-11-23(20-9-5-4-8-19(20)22)34(32,33)28-21-12-14-29(18(3)30)15-17(21)2/h4-11,13,17,21,28H,12,14-15H2,1-3H3,(H,27,31)/t17-,21?/m1/s1. The molecule has 2 aromatic carbocycles. The number of hydrogen-bond acceptors (Lipinski definition) is 5. The Kier molecular flexibility index (Phi) is 6.67. The highest BCUT2D eigenvalue weighted by Gasteiger charge is 2.31. The summed E-state index contributed by atoms with van der Waals surface area (Å²) in [5.41, 5.74) is 1.57. The Hall–Kier alpha value is -3.30. The molecule has 1 saturated heterocycles. The number of amides is 2. The van der Waals surface area contributed by atoms with Gasteiger partial charge in [-0.15, -0.1) is 0 Å². The Morgan fingerprint density at radius 2 is 1.79 bits per heavy atom. The van der Waals surface area contributed by atoms with Crippen molar-refractivity contribution in [2.45, 2.75) is 38.1 Å². The van der Waals surface area contributed by atoms with Gasteiger partial charge in [0.05, 0.1) is 4.90 Å². The second-order valence-corrected chi connectivity index (χ2v) is 10.4. The van der Waals surface area contributed by atoms with Gasteiger partial charge in [-0.25, -0.2) is 13.1 Å². The van der Waals surface area contributed by atoms with Crippen LogP contribution < -0.4 is 10.0 Å². The van der Waals surface area contributed by atoms with Gasteiger partial charge in [-0.05, 0) is 43.0 Å². The minimum atomic E-state index is -3.84. The number of carbonyl (C=O) groups is 2. The van der Waals surface area contributed by atoms with Crippen molar-refractivity contribution in [3.05, 3.63) is 66.0 Å². The normalized spacial score (nSPS) is 18.6. The number of pyridine rings is 1. The summed E-state index contributed by atoms with van der Waals surface area (Å²) < 4.78 is 29.6. The van der Waals surface area contributed by atoms with Gasteiger partial charge in [-0.1, -0.05) is 37.3 Å². The van der Waals surface area contributed by atoms with Gasteiger partial charge in [0, 0.05) is 48.7 Å². The Balaban J connectivity index is 1.62. The molecule has 3 aromatic rings. The molecule has 2 N–H and O–H groups in total. The van der Waals surface area contributed by atoms with Crippen LogP contribution in [0.4, 0.5) is 5.69 Å². The number of nitrogens with one attached hydrogen (secondary N) is 2. The molecule has 1 fully saturated rings. The highest BCUT2D eigenvalue weighted by Crippen LogP contribution is 2.31. The van der Waals surface area contributed by atoms with E-state index in [0.29, 0.717) is 41.7 Å². The third kappa shape index (κ3) is 4.80. The zero-order valence-corrected chi connectivity index (χ0v) is 20.2. The molecule has 178 valence electrons. The number of carbonyl (C=O) groups excluding carboxylic acids is 2. The molecule has 2 amide bonds. The minimum absolute atomic E-state index is 0.00214. The van der Waals surface area contributed by atoms with Crippen molar-refractivity contribution in [3.63, 3.8) is 0 Å². The van der Waals surface area contributed by atoms with Crippen molar-refractivity contribution >= 4 is 38.3 Å². The average molecular weight is 481 g/mol. The first-order chi connectivity index (χ1) is 16.2. The molecule has 0 saturated carbocycles. The van der Waals surface area contributed by atoms with Crippen LogP contribution in [0.1, 0.15) is 36.3 Å². The van der Waals surface area contributed by atoms with Crippen LogP contribution in [0.5, 0.6) is 0 Å². The molecular formula is C25H28N4O4S. The molecule has 9 heteroatoms. The highest BCUT2D eigenvalue weighted by atomic mass is 32.2. The average Bonchev–Trinajstić information content (AvgIpc) is 2.80. The van der Waals surface area contributed by atoms with Crippen LogP contribution in [-0.4, -0.2) is 49.2 Å². The Labute approximate surface area is 199 Å². The molecule has 4 rings (SSSR count). The summed E-state index contributed by atoms with van der Waals surface area (Å²) in [5, 5.41) is 4.00. The maximum absolute atomic E-state index is 13.4. The third-order valence-corrected chi connectivity index (χ3v) is 7.85. The van der Waals surface area contributed by atoms with Gasteiger partial charge in [-0.3, -0.25) is 14.6 Å². The molecule has 0 aliphatic carbocycles. The number of nitrogens with zero attached hydrogens (tertiary/aromatic N) is 2. The summed E-state index contributed by atoms with van der Waals surface area (Å²) in [4.78, 5) is 30.5. The maximum atomic E-state index is 13.4. The summed E-state index contributed by atoms with van der Waals surface area (Å²) in [6.07, 6.45) is 2.11. The van der Waals surface area contributed by atoms with Gasteiger partial charge >= 0.3 is 0 Å². The topological polar surface area (TPSA) is 108 Å². The van der Waals surface area contributed by atoms with Crippen LogP contribution in [0.2, 0.25) is 0 Å². The van der Waals surface area contributed by atoms with Gasteiger partial charge in [0.25, 0.3) is 5.91 Å². The Morgan fingerprint density at radius 1 is 1.06 bits per heavy atom. The monoisotopic (exact) mass is 480 g/mol. The lowest BCUT2D eigenvalue weighted by atomic mass is 9.95. The number of benzene rings is 2.